The van der Waals surface area contributed by atoms with Crippen LogP contribution in [0.2, 0.25) is 0 Å². The molecule has 0 fully saturated rings. The number of hydrogen-bond acceptors (Lipinski definition) is 7. The van der Waals surface area contributed by atoms with Gasteiger partial charge in [-0.1, -0.05) is 13.3 Å². The second-order valence-electron chi connectivity index (χ2n) is 5.83. The van der Waals surface area contributed by atoms with Crippen LogP contribution < -0.4 is 74.8 Å². The molecule has 0 saturated heterocycles. The van der Waals surface area contributed by atoms with E-state index in [0.29, 0.717) is 18.6 Å². The average Bonchev–Trinajstić information content (AvgIpc) is 2.60. The topological polar surface area (TPSA) is 123 Å². The van der Waals surface area contributed by atoms with Gasteiger partial charge in [-0.25, -0.2) is 13.8 Å². The summed E-state index contributed by atoms with van der Waals surface area (Å²) in [5.41, 5.74) is -2.18. The summed E-state index contributed by atoms with van der Waals surface area (Å²) in [5.74, 6) is -4.19. The Balaban J connectivity index is 0.00000210. The van der Waals surface area contributed by atoms with E-state index in [1.165, 1.54) is 0 Å². The molecule has 0 radical (unpaired) electrons. The third-order valence-corrected chi connectivity index (χ3v) is 4.07. The molecule has 0 saturated carbocycles. The summed E-state index contributed by atoms with van der Waals surface area (Å²) in [6, 6.07) is 2.49. The van der Waals surface area contributed by atoms with E-state index in [1.54, 1.807) is 6.92 Å². The van der Waals surface area contributed by atoms with Crippen LogP contribution in [0.25, 0.3) is 21.9 Å². The normalized spacial score (nSPS) is 10.6. The van der Waals surface area contributed by atoms with Gasteiger partial charge in [-0.2, -0.15) is 0 Å². The van der Waals surface area contributed by atoms with Gasteiger partial charge in [0.1, 0.15) is 11.6 Å². The molecule has 1 aromatic carbocycles. The molecule has 3 rings (SSSR count). The number of nitrogens with zero attached hydrogens (tertiary/aromatic N) is 1. The molecule has 0 atom stereocenters. The number of benzene rings is 1. The predicted octanol–water partition coefficient (Wildman–Crippen LogP) is -5.03. The van der Waals surface area contributed by atoms with Gasteiger partial charge >= 0.3 is 59.1 Å². The number of halogens is 2. The molecule has 2 heterocycles. The number of aryl methyl sites for hydroxylation is 1. The Hall–Kier alpha value is -1.36. The van der Waals surface area contributed by atoms with Crippen molar-refractivity contribution in [1.29, 1.82) is 0 Å². The van der Waals surface area contributed by atoms with Gasteiger partial charge in [0.2, 0.25) is 0 Å². The Morgan fingerprint density at radius 2 is 1.76 bits per heavy atom. The maximum absolute atomic E-state index is 13.5. The van der Waals surface area contributed by atoms with Crippen molar-refractivity contribution in [3.8, 4) is 0 Å². The van der Waals surface area contributed by atoms with Crippen molar-refractivity contribution in [1.82, 2.24) is 4.98 Å². The predicted molar refractivity (Wildman–Crippen MR) is 85.4 cm³/mol. The van der Waals surface area contributed by atoms with Crippen LogP contribution in [0.15, 0.2) is 27.4 Å². The van der Waals surface area contributed by atoms with Crippen LogP contribution in [0.1, 0.15) is 51.9 Å². The zero-order valence-corrected chi connectivity index (χ0v) is 19.9. The van der Waals surface area contributed by atoms with E-state index in [0.717, 1.165) is 6.07 Å². The van der Waals surface area contributed by atoms with Crippen LogP contribution in [0.5, 0.6) is 0 Å². The summed E-state index contributed by atoms with van der Waals surface area (Å²) in [7, 11) is 0. The summed E-state index contributed by atoms with van der Waals surface area (Å²) < 4.78 is 32.2. The first-order valence-electron chi connectivity index (χ1n) is 7.89. The van der Waals surface area contributed by atoms with Gasteiger partial charge in [0.15, 0.2) is 11.2 Å². The first-order valence-corrected chi connectivity index (χ1v) is 7.89. The minimum Gasteiger partial charge on any atom is -0.543 e. The minimum absolute atomic E-state index is 0. The van der Waals surface area contributed by atoms with E-state index in [4.69, 9.17) is 4.42 Å². The molecular weight excluding hydrogens is 410 g/mol. The fourth-order valence-corrected chi connectivity index (χ4v) is 2.94. The smallest absolute Gasteiger partial charge is 0.543 e. The number of carbonyl (C=O) groups excluding carboxylic acids is 2. The molecule has 0 aliphatic carbocycles. The molecule has 0 spiro atoms. The molecule has 11 heteroatoms. The first kappa shape index (κ1) is 25.7. The van der Waals surface area contributed by atoms with Crippen molar-refractivity contribution in [2.45, 2.75) is 26.2 Å². The zero-order chi connectivity index (χ0) is 19.9. The van der Waals surface area contributed by atoms with E-state index >= 15 is 0 Å². The summed E-state index contributed by atoms with van der Waals surface area (Å²) in [5, 5.41) is 22.0. The van der Waals surface area contributed by atoms with Crippen LogP contribution in [-0.4, -0.2) is 16.9 Å². The van der Waals surface area contributed by atoms with E-state index in [9.17, 15) is 33.4 Å². The number of carboxylic acid groups (broad SMARTS) is 2. The fraction of sp³-hybridized carbons (Fsp3) is 0.222. The van der Waals surface area contributed by atoms with Gasteiger partial charge in [-0.05, 0) is 18.6 Å². The Morgan fingerprint density at radius 3 is 2.28 bits per heavy atom. The maximum Gasteiger partial charge on any atom is 1.00 e. The summed E-state index contributed by atoms with van der Waals surface area (Å²) in [4.78, 5) is 38.4. The molecule has 0 bridgehead atoms. The standard InChI is InChI=1S/C18H13F2NO6.2Na/c1-2-3-7-14-8(9(16(19)20)5-11(21-14)17(23)24)4-10-12(22)6-13(18(25)26)27-15(7)10;;/h4-6,16H,2-3H2,1H3,(H,23,24)(H,25,26);;/q;2*+1/p-2. The molecule has 0 amide bonds. The Morgan fingerprint density at radius 1 is 1.10 bits per heavy atom. The number of hydrogen-bond donors (Lipinski definition) is 0. The molecular formula is C18H11F2NNa2O6. The monoisotopic (exact) mass is 421 g/mol. The molecule has 7 nitrogen and oxygen atoms in total. The molecule has 0 aliphatic rings. The van der Waals surface area contributed by atoms with Crippen LogP contribution >= 0.6 is 0 Å². The van der Waals surface area contributed by atoms with Crippen LogP contribution in [0, 0.1) is 0 Å². The van der Waals surface area contributed by atoms with Crippen molar-refractivity contribution in [3.05, 3.63) is 51.0 Å². The molecule has 29 heavy (non-hydrogen) atoms. The maximum atomic E-state index is 13.5. The number of carboxylic acids is 2. The van der Waals surface area contributed by atoms with E-state index in [2.05, 4.69) is 4.98 Å². The second-order valence-corrected chi connectivity index (χ2v) is 5.83. The molecule has 2 aromatic heterocycles. The van der Waals surface area contributed by atoms with Gasteiger partial charge in [0.05, 0.1) is 22.6 Å². The van der Waals surface area contributed by atoms with Gasteiger partial charge in [0, 0.05) is 22.6 Å². The van der Waals surface area contributed by atoms with Gasteiger partial charge in [-0.15, -0.1) is 0 Å². The minimum atomic E-state index is -3.03. The number of alkyl halides is 2. The van der Waals surface area contributed by atoms with Gasteiger partial charge < -0.3 is 24.2 Å². The van der Waals surface area contributed by atoms with Crippen molar-refractivity contribution in [2.24, 2.45) is 0 Å². The second kappa shape index (κ2) is 10.1. The number of carbonyl (C=O) groups is 2. The van der Waals surface area contributed by atoms with Crippen LogP contribution in [0.4, 0.5) is 8.78 Å². The fourth-order valence-electron chi connectivity index (χ4n) is 2.94. The first-order chi connectivity index (χ1) is 12.7. The summed E-state index contributed by atoms with van der Waals surface area (Å²) in [6.07, 6.45) is -2.39. The number of pyridine rings is 1. The Kier molecular flexibility index (Phi) is 8.94. The summed E-state index contributed by atoms with van der Waals surface area (Å²) >= 11 is 0. The van der Waals surface area contributed by atoms with Crippen molar-refractivity contribution >= 4 is 33.8 Å². The Labute approximate surface area is 206 Å². The van der Waals surface area contributed by atoms with E-state index in [1.807, 2.05) is 0 Å². The molecule has 3 aromatic rings. The summed E-state index contributed by atoms with van der Waals surface area (Å²) in [6.45, 7) is 1.75. The molecule has 0 N–H and O–H groups in total. The quantitative estimate of drug-likeness (QED) is 0.299. The molecule has 0 aliphatic heterocycles. The van der Waals surface area contributed by atoms with Gasteiger partial charge in [0.25, 0.3) is 6.43 Å². The van der Waals surface area contributed by atoms with E-state index in [-0.39, 0.29) is 93.0 Å². The van der Waals surface area contributed by atoms with Crippen molar-refractivity contribution < 1.29 is 92.1 Å². The van der Waals surface area contributed by atoms with Crippen molar-refractivity contribution in [3.63, 3.8) is 0 Å². The largest absolute Gasteiger partial charge is 1.00 e. The third kappa shape index (κ3) is 4.87. The number of aromatic carboxylic acids is 2. The molecule has 0 unspecified atom stereocenters. The Bertz CT molecular complexity index is 1160. The number of rotatable bonds is 5. The zero-order valence-electron chi connectivity index (χ0n) is 15.9. The number of fused-ring (bicyclic) bond motifs is 2. The number of aromatic nitrogens is 1. The third-order valence-electron chi connectivity index (χ3n) is 4.07. The van der Waals surface area contributed by atoms with Crippen LogP contribution in [0.3, 0.4) is 0 Å². The van der Waals surface area contributed by atoms with Crippen LogP contribution in [-0.2, 0) is 6.42 Å². The SMILES string of the molecule is CCCc1c2nc(C(=O)[O-])cc(C(F)F)c2cc2c(=O)cc(C(=O)[O-])oc12.[Na+].[Na+]. The van der Waals surface area contributed by atoms with Gasteiger partial charge in [-0.3, -0.25) is 4.79 Å². The average molecular weight is 421 g/mol. The van der Waals surface area contributed by atoms with Crippen molar-refractivity contribution in [2.75, 3.05) is 0 Å². The van der Waals surface area contributed by atoms with E-state index < -0.39 is 40.8 Å². The molecule has 140 valence electrons.